The number of aromatic nitrogens is 3. The molecule has 1 atom stereocenters. The average Bonchev–Trinajstić information content (AvgIpc) is 3.30. The molecule has 30 heavy (non-hydrogen) atoms. The molecule has 4 heterocycles. The Hall–Kier alpha value is -2.48. The Morgan fingerprint density at radius 2 is 2.07 bits per heavy atom. The molecule has 1 N–H and O–H groups in total. The highest BCUT2D eigenvalue weighted by Gasteiger charge is 2.28. The van der Waals surface area contributed by atoms with E-state index in [1.54, 1.807) is 10.8 Å². The summed E-state index contributed by atoms with van der Waals surface area (Å²) >= 11 is 0. The molecule has 0 aliphatic carbocycles. The van der Waals surface area contributed by atoms with E-state index in [-0.39, 0.29) is 17.4 Å². The molecule has 1 unspecified atom stereocenters. The fraction of sp³-hybridized carbons (Fsp3) is 0.636. The number of carbonyl (C=O) groups excluding carboxylic acids is 1. The summed E-state index contributed by atoms with van der Waals surface area (Å²) < 4.78 is 1.67. The van der Waals surface area contributed by atoms with Crippen LogP contribution < -0.4 is 15.8 Å². The van der Waals surface area contributed by atoms with Gasteiger partial charge in [0.05, 0.1) is 5.92 Å². The van der Waals surface area contributed by atoms with Crippen LogP contribution in [0.5, 0.6) is 0 Å². The van der Waals surface area contributed by atoms with Gasteiger partial charge >= 0.3 is 0 Å². The van der Waals surface area contributed by atoms with Gasteiger partial charge in [-0.1, -0.05) is 0 Å². The third kappa shape index (κ3) is 4.48. The van der Waals surface area contributed by atoms with Crippen LogP contribution in [0.15, 0.2) is 23.1 Å². The number of amides is 1. The molecule has 2 aromatic rings. The summed E-state index contributed by atoms with van der Waals surface area (Å²) in [7, 11) is 0. The number of hydrogen-bond acceptors (Lipinski definition) is 6. The number of piperidine rings is 1. The van der Waals surface area contributed by atoms with Gasteiger partial charge in [-0.05, 0) is 70.8 Å². The van der Waals surface area contributed by atoms with E-state index < -0.39 is 0 Å². The lowest BCUT2D eigenvalue weighted by atomic mass is 9.97. The lowest BCUT2D eigenvalue weighted by Crippen LogP contribution is -2.46. The minimum absolute atomic E-state index is 0.0967. The van der Waals surface area contributed by atoms with Crippen LogP contribution in [0.3, 0.4) is 0 Å². The van der Waals surface area contributed by atoms with Crippen LogP contribution in [0.2, 0.25) is 0 Å². The first-order chi connectivity index (χ1) is 14.7. The van der Waals surface area contributed by atoms with Gasteiger partial charge in [-0.25, -0.2) is 9.97 Å². The third-order valence-electron chi connectivity index (χ3n) is 6.24. The van der Waals surface area contributed by atoms with E-state index in [4.69, 9.17) is 0 Å². The predicted octanol–water partition coefficient (Wildman–Crippen LogP) is 1.63. The standard InChI is InChI=1S/C22H32N6O2/c1-2-28-19-18(9-5-10-23-19)25-20(22(28)30)27-15-6-8-17(16-27)21(29)24-11-7-14-26-12-3-4-13-26/h5,9-10,17H,2-4,6-8,11-16H2,1H3,(H,24,29). The first-order valence-electron chi connectivity index (χ1n) is 11.3. The summed E-state index contributed by atoms with van der Waals surface area (Å²) in [6.45, 7) is 7.91. The zero-order valence-corrected chi connectivity index (χ0v) is 17.8. The first kappa shape index (κ1) is 20.8. The van der Waals surface area contributed by atoms with Crippen molar-refractivity contribution in [3.63, 3.8) is 0 Å². The Morgan fingerprint density at radius 1 is 1.23 bits per heavy atom. The molecule has 0 spiro atoms. The van der Waals surface area contributed by atoms with Crippen molar-refractivity contribution in [2.75, 3.05) is 44.2 Å². The van der Waals surface area contributed by atoms with Gasteiger partial charge in [-0.15, -0.1) is 0 Å². The zero-order chi connectivity index (χ0) is 20.9. The topological polar surface area (TPSA) is 83.4 Å². The minimum Gasteiger partial charge on any atom is -0.356 e. The second-order valence-corrected chi connectivity index (χ2v) is 8.31. The molecule has 0 saturated carbocycles. The van der Waals surface area contributed by atoms with Gasteiger partial charge in [0.15, 0.2) is 11.5 Å². The number of likely N-dealkylation sites (tertiary alicyclic amines) is 1. The molecule has 2 saturated heterocycles. The Balaban J connectivity index is 1.40. The number of anilines is 1. The highest BCUT2D eigenvalue weighted by Crippen LogP contribution is 2.21. The van der Waals surface area contributed by atoms with Crippen LogP contribution >= 0.6 is 0 Å². The summed E-state index contributed by atoms with van der Waals surface area (Å²) in [6, 6.07) is 3.71. The minimum atomic E-state index is -0.129. The van der Waals surface area contributed by atoms with Crippen LogP contribution in [0.4, 0.5) is 5.82 Å². The lowest BCUT2D eigenvalue weighted by molar-refractivity contribution is -0.125. The molecule has 0 radical (unpaired) electrons. The Morgan fingerprint density at radius 3 is 2.87 bits per heavy atom. The number of nitrogens with one attached hydrogen (secondary N) is 1. The van der Waals surface area contributed by atoms with Gasteiger partial charge in [0, 0.05) is 32.4 Å². The second kappa shape index (κ2) is 9.55. The van der Waals surface area contributed by atoms with Crippen molar-refractivity contribution in [2.45, 2.75) is 45.6 Å². The molecule has 0 aromatic carbocycles. The molecule has 4 rings (SSSR count). The van der Waals surface area contributed by atoms with Gasteiger partial charge in [-0.3, -0.25) is 14.2 Å². The molecular weight excluding hydrogens is 380 g/mol. The van der Waals surface area contributed by atoms with Crippen LogP contribution in [0.25, 0.3) is 11.2 Å². The highest BCUT2D eigenvalue weighted by atomic mass is 16.2. The summed E-state index contributed by atoms with van der Waals surface area (Å²) in [5.74, 6) is 0.426. The van der Waals surface area contributed by atoms with Crippen molar-refractivity contribution in [1.82, 2.24) is 24.8 Å². The molecule has 2 aliphatic heterocycles. The van der Waals surface area contributed by atoms with E-state index in [0.717, 1.165) is 32.4 Å². The maximum Gasteiger partial charge on any atom is 0.295 e. The van der Waals surface area contributed by atoms with Gasteiger partial charge in [0.2, 0.25) is 5.91 Å². The molecule has 0 bridgehead atoms. The Bertz CT molecular complexity index is 937. The van der Waals surface area contributed by atoms with Crippen molar-refractivity contribution in [1.29, 1.82) is 0 Å². The van der Waals surface area contributed by atoms with Gasteiger partial charge < -0.3 is 15.1 Å². The molecule has 2 aliphatic rings. The van der Waals surface area contributed by atoms with Crippen molar-refractivity contribution < 1.29 is 4.79 Å². The van der Waals surface area contributed by atoms with Crippen molar-refractivity contribution in [2.24, 2.45) is 5.92 Å². The van der Waals surface area contributed by atoms with Crippen molar-refractivity contribution in [3.8, 4) is 0 Å². The number of aryl methyl sites for hydroxylation is 1. The van der Waals surface area contributed by atoms with Crippen LogP contribution in [0.1, 0.15) is 39.0 Å². The number of fused-ring (bicyclic) bond motifs is 1. The highest BCUT2D eigenvalue weighted by molar-refractivity contribution is 5.79. The van der Waals surface area contributed by atoms with E-state index in [1.807, 2.05) is 24.0 Å². The van der Waals surface area contributed by atoms with E-state index in [1.165, 1.54) is 25.9 Å². The summed E-state index contributed by atoms with van der Waals surface area (Å²) in [4.78, 5) is 39.2. The van der Waals surface area contributed by atoms with Crippen LogP contribution in [-0.4, -0.2) is 64.6 Å². The normalized spacial score (nSPS) is 20.0. The number of pyridine rings is 1. The second-order valence-electron chi connectivity index (χ2n) is 8.31. The Kier molecular flexibility index (Phi) is 6.62. The summed E-state index contributed by atoms with van der Waals surface area (Å²) in [5, 5.41) is 3.11. The first-order valence-corrected chi connectivity index (χ1v) is 11.3. The molecule has 8 nitrogen and oxygen atoms in total. The predicted molar refractivity (Wildman–Crippen MR) is 118 cm³/mol. The number of nitrogens with zero attached hydrogens (tertiary/aromatic N) is 5. The molecular formula is C22H32N6O2. The molecule has 8 heteroatoms. The third-order valence-corrected chi connectivity index (χ3v) is 6.24. The van der Waals surface area contributed by atoms with Crippen molar-refractivity contribution in [3.05, 3.63) is 28.7 Å². The molecule has 162 valence electrons. The van der Waals surface area contributed by atoms with E-state index in [0.29, 0.717) is 36.6 Å². The van der Waals surface area contributed by atoms with E-state index in [2.05, 4.69) is 20.2 Å². The fourth-order valence-electron chi connectivity index (χ4n) is 4.61. The molecule has 1 amide bonds. The average molecular weight is 413 g/mol. The number of hydrogen-bond donors (Lipinski definition) is 1. The maximum absolute atomic E-state index is 13.0. The largest absolute Gasteiger partial charge is 0.356 e. The monoisotopic (exact) mass is 412 g/mol. The summed E-state index contributed by atoms with van der Waals surface area (Å²) in [6.07, 6.45) is 6.99. The van der Waals surface area contributed by atoms with Gasteiger partial charge in [0.25, 0.3) is 5.56 Å². The van der Waals surface area contributed by atoms with E-state index >= 15 is 0 Å². The van der Waals surface area contributed by atoms with Crippen LogP contribution in [-0.2, 0) is 11.3 Å². The zero-order valence-electron chi connectivity index (χ0n) is 17.8. The smallest absolute Gasteiger partial charge is 0.295 e. The van der Waals surface area contributed by atoms with Crippen molar-refractivity contribution >= 4 is 22.9 Å². The quantitative estimate of drug-likeness (QED) is 0.696. The number of rotatable bonds is 7. The molecule has 2 fully saturated rings. The van der Waals surface area contributed by atoms with Gasteiger partial charge in [0.1, 0.15) is 5.52 Å². The fourth-order valence-corrected chi connectivity index (χ4v) is 4.61. The molecule has 2 aromatic heterocycles. The maximum atomic E-state index is 13.0. The van der Waals surface area contributed by atoms with Crippen LogP contribution in [0, 0.1) is 5.92 Å². The lowest BCUT2D eigenvalue weighted by Gasteiger charge is -2.32. The van der Waals surface area contributed by atoms with Gasteiger partial charge in [-0.2, -0.15) is 0 Å². The Labute approximate surface area is 177 Å². The summed E-state index contributed by atoms with van der Waals surface area (Å²) in [5.41, 5.74) is 1.19. The SMILES string of the molecule is CCn1c(=O)c(N2CCCC(C(=O)NCCCN3CCCC3)C2)nc2cccnc21. The van der Waals surface area contributed by atoms with E-state index in [9.17, 15) is 9.59 Å². The number of carbonyl (C=O) groups is 1.